The van der Waals surface area contributed by atoms with E-state index in [2.05, 4.69) is 4.98 Å². The van der Waals surface area contributed by atoms with Crippen molar-refractivity contribution in [2.75, 3.05) is 25.6 Å². The van der Waals surface area contributed by atoms with Gasteiger partial charge in [0.1, 0.15) is 15.5 Å². The van der Waals surface area contributed by atoms with Crippen LogP contribution in [-0.2, 0) is 9.84 Å². The molecule has 0 spiro atoms. The second-order valence-corrected chi connectivity index (χ2v) is 7.53. The molecule has 0 aliphatic heterocycles. The fourth-order valence-corrected chi connectivity index (χ4v) is 2.71. The molecule has 0 saturated carbocycles. The van der Waals surface area contributed by atoms with Crippen LogP contribution in [0.5, 0.6) is 0 Å². The van der Waals surface area contributed by atoms with Crippen molar-refractivity contribution in [3.05, 3.63) is 41.0 Å². The molecule has 5 nitrogen and oxygen atoms in total. The summed E-state index contributed by atoms with van der Waals surface area (Å²) in [5.74, 6) is -0.442. The predicted molar refractivity (Wildman–Crippen MR) is 83.4 cm³/mol. The van der Waals surface area contributed by atoms with E-state index >= 15 is 0 Å². The number of amides is 1. The number of sulfone groups is 1. The van der Waals surface area contributed by atoms with E-state index in [0.29, 0.717) is 10.5 Å². The zero-order valence-corrected chi connectivity index (χ0v) is 13.3. The Balaban J connectivity index is 2.27. The lowest BCUT2D eigenvalue weighted by molar-refractivity contribution is 0.0798. The van der Waals surface area contributed by atoms with E-state index in [-0.39, 0.29) is 23.9 Å². The van der Waals surface area contributed by atoms with Gasteiger partial charge in [-0.25, -0.2) is 13.4 Å². The highest BCUT2D eigenvalue weighted by Crippen LogP contribution is 2.23. The third-order valence-corrected chi connectivity index (χ3v) is 4.27. The van der Waals surface area contributed by atoms with Gasteiger partial charge in [0.15, 0.2) is 0 Å². The summed E-state index contributed by atoms with van der Waals surface area (Å²) in [6.45, 7) is 0.115. The topological polar surface area (TPSA) is 67.3 Å². The number of carbonyl (C=O) groups excluding carboxylic acids is 1. The monoisotopic (exact) mass is 326 g/mol. The van der Waals surface area contributed by atoms with Crippen LogP contribution in [0.1, 0.15) is 10.5 Å². The Kier molecular flexibility index (Phi) is 4.49. The van der Waals surface area contributed by atoms with Gasteiger partial charge in [0.2, 0.25) is 0 Å². The standard InChI is InChI=1S/C14H15ClN2O3S/c1-17(7-8-21(2,19)20)14(18)13-9-11(15)10-5-3-4-6-12(10)16-13/h3-6,9H,7-8H2,1-2H3. The summed E-state index contributed by atoms with van der Waals surface area (Å²) in [4.78, 5) is 17.9. The lowest BCUT2D eigenvalue weighted by Crippen LogP contribution is -2.32. The number of fused-ring (bicyclic) bond motifs is 1. The number of halogens is 1. The number of pyridine rings is 1. The van der Waals surface area contributed by atoms with Crippen molar-refractivity contribution < 1.29 is 13.2 Å². The summed E-state index contributed by atoms with van der Waals surface area (Å²) in [6, 6.07) is 8.76. The molecule has 1 heterocycles. The second kappa shape index (κ2) is 5.99. The first-order valence-electron chi connectivity index (χ1n) is 6.26. The average molecular weight is 327 g/mol. The highest BCUT2D eigenvalue weighted by Gasteiger charge is 2.16. The van der Waals surface area contributed by atoms with Crippen LogP contribution >= 0.6 is 11.6 Å². The number of nitrogens with zero attached hydrogens (tertiary/aromatic N) is 2. The van der Waals surface area contributed by atoms with Gasteiger partial charge in [-0.3, -0.25) is 4.79 Å². The molecule has 0 bridgehead atoms. The summed E-state index contributed by atoms with van der Waals surface area (Å²) in [7, 11) is -1.58. The Bertz CT molecular complexity index is 790. The van der Waals surface area contributed by atoms with Crippen molar-refractivity contribution in [1.29, 1.82) is 0 Å². The largest absolute Gasteiger partial charge is 0.339 e. The van der Waals surface area contributed by atoms with Crippen LogP contribution in [0, 0.1) is 0 Å². The quantitative estimate of drug-likeness (QED) is 0.862. The first-order valence-corrected chi connectivity index (χ1v) is 8.70. The smallest absolute Gasteiger partial charge is 0.272 e. The van der Waals surface area contributed by atoms with Crippen LogP contribution in [-0.4, -0.2) is 49.8 Å². The molecule has 2 rings (SSSR count). The molecule has 2 aromatic rings. The summed E-state index contributed by atoms with van der Waals surface area (Å²) in [5.41, 5.74) is 0.833. The van der Waals surface area contributed by atoms with Crippen molar-refractivity contribution in [2.24, 2.45) is 0 Å². The number of para-hydroxylation sites is 1. The number of hydrogen-bond donors (Lipinski definition) is 0. The maximum Gasteiger partial charge on any atom is 0.272 e. The SMILES string of the molecule is CN(CCS(C)(=O)=O)C(=O)c1cc(Cl)c2ccccc2n1. The van der Waals surface area contributed by atoms with Crippen LogP contribution in [0.25, 0.3) is 10.9 Å². The normalized spacial score (nSPS) is 11.6. The number of rotatable bonds is 4. The highest BCUT2D eigenvalue weighted by atomic mass is 35.5. The molecule has 0 fully saturated rings. The van der Waals surface area contributed by atoms with Crippen molar-refractivity contribution >= 4 is 38.2 Å². The summed E-state index contributed by atoms with van der Waals surface area (Å²) in [6.07, 6.45) is 1.14. The van der Waals surface area contributed by atoms with E-state index in [0.717, 1.165) is 11.6 Å². The maximum absolute atomic E-state index is 12.3. The first kappa shape index (κ1) is 15.7. The molecule has 0 radical (unpaired) electrons. The van der Waals surface area contributed by atoms with Crippen molar-refractivity contribution in [1.82, 2.24) is 9.88 Å². The van der Waals surface area contributed by atoms with Crippen LogP contribution in [0.15, 0.2) is 30.3 Å². The van der Waals surface area contributed by atoms with Gasteiger partial charge in [-0.05, 0) is 12.1 Å². The molecule has 0 aliphatic rings. The number of hydrogen-bond acceptors (Lipinski definition) is 4. The van der Waals surface area contributed by atoms with E-state index in [4.69, 9.17) is 11.6 Å². The molecule has 7 heteroatoms. The van der Waals surface area contributed by atoms with Gasteiger partial charge in [0.25, 0.3) is 5.91 Å². The number of benzene rings is 1. The minimum Gasteiger partial charge on any atom is -0.339 e. The van der Waals surface area contributed by atoms with Gasteiger partial charge in [-0.15, -0.1) is 0 Å². The Hall–Kier alpha value is -1.66. The summed E-state index contributed by atoms with van der Waals surface area (Å²) < 4.78 is 22.3. The summed E-state index contributed by atoms with van der Waals surface area (Å²) >= 11 is 6.15. The van der Waals surface area contributed by atoms with Crippen LogP contribution < -0.4 is 0 Å². The van der Waals surface area contributed by atoms with Crippen LogP contribution in [0.4, 0.5) is 0 Å². The molecule has 1 amide bonds. The molecule has 21 heavy (non-hydrogen) atoms. The Labute approximate surface area is 128 Å². The number of carbonyl (C=O) groups is 1. The molecule has 112 valence electrons. The molecular weight excluding hydrogens is 312 g/mol. The Morgan fingerprint density at radius 1 is 1.33 bits per heavy atom. The molecule has 1 aromatic heterocycles. The van der Waals surface area contributed by atoms with E-state index in [1.54, 1.807) is 6.07 Å². The first-order chi connectivity index (χ1) is 9.78. The van der Waals surface area contributed by atoms with E-state index < -0.39 is 9.84 Å². The summed E-state index contributed by atoms with van der Waals surface area (Å²) in [5, 5.41) is 1.22. The van der Waals surface area contributed by atoms with Gasteiger partial charge in [0.05, 0.1) is 16.3 Å². The second-order valence-electron chi connectivity index (χ2n) is 4.86. The average Bonchev–Trinajstić information content (AvgIpc) is 2.43. The van der Waals surface area contributed by atoms with Crippen LogP contribution in [0.2, 0.25) is 5.02 Å². The van der Waals surface area contributed by atoms with Gasteiger partial charge in [-0.1, -0.05) is 29.8 Å². The molecule has 0 saturated heterocycles. The Morgan fingerprint density at radius 3 is 2.67 bits per heavy atom. The third kappa shape index (κ3) is 3.92. The number of aromatic nitrogens is 1. The fraction of sp³-hybridized carbons (Fsp3) is 0.286. The lowest BCUT2D eigenvalue weighted by atomic mass is 10.2. The van der Waals surface area contributed by atoms with Gasteiger partial charge in [0, 0.05) is 25.2 Å². The zero-order valence-electron chi connectivity index (χ0n) is 11.7. The van der Waals surface area contributed by atoms with Crippen molar-refractivity contribution in [2.45, 2.75) is 0 Å². The molecule has 0 aliphatic carbocycles. The predicted octanol–water partition coefficient (Wildman–Crippen LogP) is 2.00. The lowest BCUT2D eigenvalue weighted by Gasteiger charge is -2.16. The third-order valence-electron chi connectivity index (χ3n) is 3.03. The van der Waals surface area contributed by atoms with E-state index in [1.807, 2.05) is 18.2 Å². The molecule has 0 atom stereocenters. The minimum atomic E-state index is -3.12. The van der Waals surface area contributed by atoms with E-state index in [1.165, 1.54) is 18.0 Å². The Morgan fingerprint density at radius 2 is 2.00 bits per heavy atom. The maximum atomic E-state index is 12.3. The van der Waals surface area contributed by atoms with E-state index in [9.17, 15) is 13.2 Å². The van der Waals surface area contributed by atoms with Gasteiger partial charge < -0.3 is 4.90 Å². The van der Waals surface area contributed by atoms with Crippen molar-refractivity contribution in [3.8, 4) is 0 Å². The molecular formula is C14H15ClN2O3S. The molecule has 0 N–H and O–H groups in total. The van der Waals surface area contributed by atoms with Crippen LogP contribution in [0.3, 0.4) is 0 Å². The van der Waals surface area contributed by atoms with Gasteiger partial charge in [-0.2, -0.15) is 0 Å². The minimum absolute atomic E-state index is 0.0868. The fourth-order valence-electron chi connectivity index (χ4n) is 1.84. The highest BCUT2D eigenvalue weighted by molar-refractivity contribution is 7.90. The zero-order chi connectivity index (χ0) is 15.6. The molecule has 0 unspecified atom stereocenters. The molecule has 1 aromatic carbocycles. The van der Waals surface area contributed by atoms with Gasteiger partial charge >= 0.3 is 0 Å². The van der Waals surface area contributed by atoms with Crippen molar-refractivity contribution in [3.63, 3.8) is 0 Å².